The van der Waals surface area contributed by atoms with Crippen LogP contribution in [0.25, 0.3) is 0 Å². The van der Waals surface area contributed by atoms with Crippen LogP contribution in [-0.4, -0.2) is 30.9 Å². The number of hydrogen-bond acceptors (Lipinski definition) is 3. The molecule has 1 N–H and O–H groups in total. The van der Waals surface area contributed by atoms with Gasteiger partial charge in [0.15, 0.2) is 0 Å². The van der Waals surface area contributed by atoms with Crippen LogP contribution < -0.4 is 5.32 Å². The lowest BCUT2D eigenvalue weighted by atomic mass is 10.3. The number of nitrogens with zero attached hydrogens (tertiary/aromatic N) is 1. The maximum atomic E-state index is 11.5. The summed E-state index contributed by atoms with van der Waals surface area (Å²) in [5, 5.41) is 3.11. The minimum Gasteiger partial charge on any atom is -0.465 e. The first-order chi connectivity index (χ1) is 7.00. The number of rotatable bonds is 4. The normalized spacial score (nSPS) is 12.5. The van der Waals surface area contributed by atoms with E-state index in [1.807, 2.05) is 26.0 Å². The van der Waals surface area contributed by atoms with Crippen molar-refractivity contribution in [1.29, 1.82) is 0 Å². The second-order valence-electron chi connectivity index (χ2n) is 3.85. The number of amides is 1. The smallest absolute Gasteiger partial charge is 0.238 e. The van der Waals surface area contributed by atoms with Gasteiger partial charge < -0.3 is 9.32 Å². The molecular formula is C11H18N2O2. The molecule has 0 aliphatic heterocycles. The molecule has 4 heteroatoms. The Morgan fingerprint density at radius 3 is 2.67 bits per heavy atom. The van der Waals surface area contributed by atoms with E-state index in [1.165, 1.54) is 0 Å². The van der Waals surface area contributed by atoms with Crippen LogP contribution in [0.3, 0.4) is 0 Å². The number of carbonyl (C=O) groups is 1. The molecule has 0 saturated heterocycles. The van der Waals surface area contributed by atoms with E-state index in [9.17, 15) is 4.79 Å². The van der Waals surface area contributed by atoms with E-state index in [2.05, 4.69) is 5.32 Å². The Bertz CT molecular complexity index is 331. The van der Waals surface area contributed by atoms with Crippen LogP contribution in [0.1, 0.15) is 18.4 Å². The van der Waals surface area contributed by atoms with Gasteiger partial charge in [0.25, 0.3) is 0 Å². The number of likely N-dealkylation sites (N-methyl/N-ethyl adjacent to an activating group) is 1. The summed E-state index contributed by atoms with van der Waals surface area (Å²) in [6.07, 6.45) is 0. The van der Waals surface area contributed by atoms with Gasteiger partial charge in [-0.3, -0.25) is 10.1 Å². The van der Waals surface area contributed by atoms with Gasteiger partial charge in [-0.25, -0.2) is 0 Å². The number of furan rings is 1. The van der Waals surface area contributed by atoms with E-state index in [0.717, 1.165) is 11.5 Å². The highest BCUT2D eigenvalue weighted by Gasteiger charge is 2.14. The largest absolute Gasteiger partial charge is 0.465 e. The van der Waals surface area contributed by atoms with Gasteiger partial charge in [-0.2, -0.15) is 0 Å². The van der Waals surface area contributed by atoms with Gasteiger partial charge in [0.1, 0.15) is 11.5 Å². The molecule has 0 bridgehead atoms. The van der Waals surface area contributed by atoms with Crippen molar-refractivity contribution in [3.63, 3.8) is 0 Å². The molecule has 0 saturated carbocycles. The fourth-order valence-corrected chi connectivity index (χ4v) is 1.31. The fourth-order valence-electron chi connectivity index (χ4n) is 1.31. The van der Waals surface area contributed by atoms with Gasteiger partial charge in [0, 0.05) is 14.1 Å². The van der Waals surface area contributed by atoms with E-state index in [-0.39, 0.29) is 11.9 Å². The topological polar surface area (TPSA) is 45.5 Å². The van der Waals surface area contributed by atoms with Gasteiger partial charge in [-0.15, -0.1) is 0 Å². The molecule has 0 aromatic carbocycles. The van der Waals surface area contributed by atoms with E-state index in [4.69, 9.17) is 4.42 Å². The summed E-state index contributed by atoms with van der Waals surface area (Å²) >= 11 is 0. The molecule has 1 rings (SSSR count). The summed E-state index contributed by atoms with van der Waals surface area (Å²) in [5.41, 5.74) is 0. The summed E-state index contributed by atoms with van der Waals surface area (Å²) in [6.45, 7) is 4.32. The SMILES string of the molecule is Cc1ccc(CNC(C)C(=O)N(C)C)o1. The molecule has 4 nitrogen and oxygen atoms in total. The highest BCUT2D eigenvalue weighted by Crippen LogP contribution is 2.05. The van der Waals surface area contributed by atoms with E-state index < -0.39 is 0 Å². The molecule has 1 amide bonds. The van der Waals surface area contributed by atoms with Crippen molar-refractivity contribution in [2.45, 2.75) is 26.4 Å². The number of hydrogen-bond donors (Lipinski definition) is 1. The zero-order valence-corrected chi connectivity index (χ0v) is 9.70. The van der Waals surface area contributed by atoms with Crippen LogP contribution >= 0.6 is 0 Å². The van der Waals surface area contributed by atoms with Crippen molar-refractivity contribution in [3.05, 3.63) is 23.7 Å². The summed E-state index contributed by atoms with van der Waals surface area (Å²) in [6, 6.07) is 3.63. The molecule has 1 aromatic heterocycles. The molecule has 1 aromatic rings. The predicted molar refractivity (Wildman–Crippen MR) is 58.4 cm³/mol. The van der Waals surface area contributed by atoms with Gasteiger partial charge in [0.2, 0.25) is 5.91 Å². The first kappa shape index (κ1) is 11.8. The third-order valence-corrected chi connectivity index (χ3v) is 2.19. The molecule has 0 spiro atoms. The van der Waals surface area contributed by atoms with Crippen molar-refractivity contribution < 1.29 is 9.21 Å². The number of carbonyl (C=O) groups excluding carboxylic acids is 1. The van der Waals surface area contributed by atoms with Crippen LogP contribution in [0.15, 0.2) is 16.5 Å². The predicted octanol–water partition coefficient (Wildman–Crippen LogP) is 1.15. The van der Waals surface area contributed by atoms with Gasteiger partial charge in [-0.1, -0.05) is 0 Å². The van der Waals surface area contributed by atoms with E-state index in [1.54, 1.807) is 19.0 Å². The monoisotopic (exact) mass is 210 g/mol. The Morgan fingerprint density at radius 2 is 2.20 bits per heavy atom. The maximum absolute atomic E-state index is 11.5. The molecule has 1 heterocycles. The Hall–Kier alpha value is -1.29. The van der Waals surface area contributed by atoms with Crippen molar-refractivity contribution >= 4 is 5.91 Å². The average Bonchev–Trinajstić information content (AvgIpc) is 2.59. The highest BCUT2D eigenvalue weighted by molar-refractivity contribution is 5.80. The lowest BCUT2D eigenvalue weighted by Crippen LogP contribution is -2.41. The van der Waals surface area contributed by atoms with Crippen molar-refractivity contribution in [1.82, 2.24) is 10.2 Å². The molecule has 0 aliphatic rings. The van der Waals surface area contributed by atoms with Crippen molar-refractivity contribution in [2.24, 2.45) is 0 Å². The van der Waals surface area contributed by atoms with E-state index >= 15 is 0 Å². The molecule has 1 atom stereocenters. The summed E-state index contributed by atoms with van der Waals surface area (Å²) in [4.78, 5) is 13.1. The Balaban J connectivity index is 2.40. The summed E-state index contributed by atoms with van der Waals surface area (Å²) in [7, 11) is 3.50. The maximum Gasteiger partial charge on any atom is 0.238 e. The van der Waals surface area contributed by atoms with Gasteiger partial charge in [-0.05, 0) is 26.0 Å². The molecule has 0 fully saturated rings. The van der Waals surface area contributed by atoms with Crippen LogP contribution in [0.2, 0.25) is 0 Å². The quantitative estimate of drug-likeness (QED) is 0.811. The molecule has 0 aliphatic carbocycles. The minimum atomic E-state index is -0.189. The summed E-state index contributed by atoms with van der Waals surface area (Å²) in [5.74, 6) is 1.81. The minimum absolute atomic E-state index is 0.0679. The van der Waals surface area contributed by atoms with Crippen molar-refractivity contribution in [2.75, 3.05) is 14.1 Å². The number of nitrogens with one attached hydrogen (secondary N) is 1. The number of aryl methyl sites for hydroxylation is 1. The lowest BCUT2D eigenvalue weighted by Gasteiger charge is -2.17. The fraction of sp³-hybridized carbons (Fsp3) is 0.545. The Labute approximate surface area is 90.3 Å². The van der Waals surface area contributed by atoms with Gasteiger partial charge >= 0.3 is 0 Å². The Morgan fingerprint density at radius 1 is 1.53 bits per heavy atom. The summed E-state index contributed by atoms with van der Waals surface area (Å²) < 4.78 is 5.39. The Kier molecular flexibility index (Phi) is 3.91. The van der Waals surface area contributed by atoms with Crippen LogP contribution in [-0.2, 0) is 11.3 Å². The van der Waals surface area contributed by atoms with Crippen molar-refractivity contribution in [3.8, 4) is 0 Å². The second kappa shape index (κ2) is 4.98. The molecule has 1 unspecified atom stereocenters. The zero-order chi connectivity index (χ0) is 11.4. The van der Waals surface area contributed by atoms with Crippen LogP contribution in [0.4, 0.5) is 0 Å². The highest BCUT2D eigenvalue weighted by atomic mass is 16.3. The lowest BCUT2D eigenvalue weighted by molar-refractivity contribution is -0.130. The average molecular weight is 210 g/mol. The standard InChI is InChI=1S/C11H18N2O2/c1-8-5-6-10(15-8)7-12-9(2)11(14)13(3)4/h5-6,9,12H,7H2,1-4H3. The van der Waals surface area contributed by atoms with Gasteiger partial charge in [0.05, 0.1) is 12.6 Å². The molecule has 15 heavy (non-hydrogen) atoms. The third kappa shape index (κ3) is 3.40. The van der Waals surface area contributed by atoms with Crippen LogP contribution in [0.5, 0.6) is 0 Å². The third-order valence-electron chi connectivity index (χ3n) is 2.19. The second-order valence-corrected chi connectivity index (χ2v) is 3.85. The zero-order valence-electron chi connectivity index (χ0n) is 9.70. The van der Waals surface area contributed by atoms with Crippen LogP contribution in [0, 0.1) is 6.92 Å². The molecule has 0 radical (unpaired) electrons. The van der Waals surface area contributed by atoms with E-state index in [0.29, 0.717) is 6.54 Å². The first-order valence-electron chi connectivity index (χ1n) is 5.00. The molecule has 84 valence electrons. The first-order valence-corrected chi connectivity index (χ1v) is 5.00. The molecular weight excluding hydrogens is 192 g/mol.